The molecule has 0 aromatic heterocycles. The first-order valence-electron chi connectivity index (χ1n) is 6.72. The van der Waals surface area contributed by atoms with E-state index < -0.39 is 0 Å². The molecule has 0 heterocycles. The van der Waals surface area contributed by atoms with E-state index in [9.17, 15) is 9.90 Å². The Balaban J connectivity index is 2.05. The molecule has 1 N–H and O–H groups in total. The molecular weight excluding hydrogens is 248 g/mol. The zero-order valence-electron chi connectivity index (χ0n) is 11.3. The number of hydrogen-bond donors (Lipinski definition) is 1. The summed E-state index contributed by atoms with van der Waals surface area (Å²) in [6, 6.07) is 17.2. The molecule has 2 rings (SSSR count). The van der Waals surface area contributed by atoms with Gasteiger partial charge in [0.15, 0.2) is 0 Å². The average Bonchev–Trinajstić information content (AvgIpc) is 2.48. The van der Waals surface area contributed by atoms with E-state index in [-0.39, 0.29) is 11.7 Å². The van der Waals surface area contributed by atoms with E-state index in [2.05, 4.69) is 24.3 Å². The van der Waals surface area contributed by atoms with Crippen LogP contribution in [-0.4, -0.2) is 11.4 Å². The maximum atomic E-state index is 10.8. The molecule has 2 aromatic carbocycles. The molecule has 2 nitrogen and oxygen atoms in total. The van der Waals surface area contributed by atoms with Crippen molar-refractivity contribution in [2.45, 2.75) is 18.8 Å². The highest BCUT2D eigenvalue weighted by Crippen LogP contribution is 2.22. The summed E-state index contributed by atoms with van der Waals surface area (Å²) in [5.74, 6) is 0.309. The van der Waals surface area contributed by atoms with Crippen LogP contribution in [0.25, 0.3) is 0 Å². The molecule has 0 aliphatic heterocycles. The summed E-state index contributed by atoms with van der Waals surface area (Å²) < 4.78 is 0. The van der Waals surface area contributed by atoms with E-state index in [1.807, 2.05) is 30.3 Å². The normalized spacial score (nSPS) is 12.4. The standard InChI is InChI=1S/C18H18O2/c19-14-13-16(17-9-11-18(20)12-10-17)8-4-7-15-5-2-1-3-6-15/h1-6,8-12,14,16,20H,7,13H2/b8-4+/t16-/m1/s1. The number of hydrogen-bond acceptors (Lipinski definition) is 2. The van der Waals surface area contributed by atoms with Gasteiger partial charge < -0.3 is 9.90 Å². The number of phenolic OH excluding ortho intramolecular Hbond substituents is 1. The predicted molar refractivity (Wildman–Crippen MR) is 80.8 cm³/mol. The van der Waals surface area contributed by atoms with Crippen LogP contribution < -0.4 is 0 Å². The van der Waals surface area contributed by atoms with E-state index >= 15 is 0 Å². The van der Waals surface area contributed by atoms with Crippen molar-refractivity contribution in [2.75, 3.05) is 0 Å². The molecule has 102 valence electrons. The Morgan fingerprint density at radius 2 is 1.70 bits per heavy atom. The Morgan fingerprint density at radius 3 is 2.35 bits per heavy atom. The largest absolute Gasteiger partial charge is 0.508 e. The van der Waals surface area contributed by atoms with Crippen molar-refractivity contribution in [3.05, 3.63) is 77.9 Å². The maximum Gasteiger partial charge on any atom is 0.120 e. The van der Waals surface area contributed by atoms with Crippen LogP contribution in [0.3, 0.4) is 0 Å². The highest BCUT2D eigenvalue weighted by Gasteiger charge is 2.07. The Kier molecular flexibility index (Phi) is 5.13. The third kappa shape index (κ3) is 4.09. The van der Waals surface area contributed by atoms with Gasteiger partial charge in [0.05, 0.1) is 0 Å². The van der Waals surface area contributed by atoms with Gasteiger partial charge in [-0.1, -0.05) is 54.6 Å². The first-order chi connectivity index (χ1) is 9.79. The molecule has 0 saturated carbocycles. The zero-order valence-corrected chi connectivity index (χ0v) is 11.3. The van der Waals surface area contributed by atoms with Crippen LogP contribution in [0, 0.1) is 0 Å². The molecule has 0 unspecified atom stereocenters. The monoisotopic (exact) mass is 266 g/mol. The maximum absolute atomic E-state index is 10.8. The van der Waals surface area contributed by atoms with Crippen LogP contribution in [0.15, 0.2) is 66.7 Å². The third-order valence-corrected chi connectivity index (χ3v) is 3.24. The van der Waals surface area contributed by atoms with Crippen molar-refractivity contribution >= 4 is 6.29 Å². The summed E-state index contributed by atoms with van der Waals surface area (Å²) in [4.78, 5) is 10.8. The summed E-state index contributed by atoms with van der Waals surface area (Å²) in [7, 11) is 0. The average molecular weight is 266 g/mol. The van der Waals surface area contributed by atoms with E-state index in [0.717, 1.165) is 18.3 Å². The van der Waals surface area contributed by atoms with Gasteiger partial charge in [0, 0.05) is 12.3 Å². The summed E-state index contributed by atoms with van der Waals surface area (Å²) >= 11 is 0. The van der Waals surface area contributed by atoms with Gasteiger partial charge in [-0.3, -0.25) is 0 Å². The van der Waals surface area contributed by atoms with Gasteiger partial charge in [-0.2, -0.15) is 0 Å². The lowest BCUT2D eigenvalue weighted by Gasteiger charge is -2.10. The van der Waals surface area contributed by atoms with Crippen LogP contribution in [0.4, 0.5) is 0 Å². The Morgan fingerprint density at radius 1 is 1.00 bits per heavy atom. The molecule has 2 aromatic rings. The van der Waals surface area contributed by atoms with Crippen LogP contribution in [0.2, 0.25) is 0 Å². The molecular formula is C18H18O2. The fourth-order valence-electron chi connectivity index (χ4n) is 2.13. The first-order valence-corrected chi connectivity index (χ1v) is 6.72. The third-order valence-electron chi connectivity index (χ3n) is 3.24. The second-order valence-electron chi connectivity index (χ2n) is 4.72. The van der Waals surface area contributed by atoms with E-state index in [4.69, 9.17) is 0 Å². The molecule has 1 atom stereocenters. The molecule has 20 heavy (non-hydrogen) atoms. The number of allylic oxidation sites excluding steroid dienone is 2. The SMILES string of the molecule is O=CC[C@@H](/C=C/Cc1ccccc1)c1ccc(O)cc1. The fraction of sp³-hybridized carbons (Fsp3) is 0.167. The van der Waals surface area contributed by atoms with E-state index in [1.165, 1.54) is 5.56 Å². The number of rotatable bonds is 6. The lowest BCUT2D eigenvalue weighted by Crippen LogP contribution is -1.96. The number of benzene rings is 2. The molecule has 0 saturated heterocycles. The molecule has 0 spiro atoms. The topological polar surface area (TPSA) is 37.3 Å². The lowest BCUT2D eigenvalue weighted by atomic mass is 9.95. The van der Waals surface area contributed by atoms with Crippen molar-refractivity contribution in [3.8, 4) is 5.75 Å². The first kappa shape index (κ1) is 14.1. The number of aromatic hydroxyl groups is 1. The Labute approximate surface area is 119 Å². The quantitative estimate of drug-likeness (QED) is 0.636. The number of aldehydes is 1. The lowest BCUT2D eigenvalue weighted by molar-refractivity contribution is -0.108. The minimum atomic E-state index is 0.0665. The minimum absolute atomic E-state index is 0.0665. The summed E-state index contributed by atoms with van der Waals surface area (Å²) in [5.41, 5.74) is 2.29. The molecule has 0 aliphatic rings. The second kappa shape index (κ2) is 7.29. The molecule has 2 heteroatoms. The Bertz CT molecular complexity index is 556. The van der Waals surface area contributed by atoms with Gasteiger partial charge in [-0.15, -0.1) is 0 Å². The Hall–Kier alpha value is -2.35. The van der Waals surface area contributed by atoms with E-state index in [0.29, 0.717) is 6.42 Å². The van der Waals surface area contributed by atoms with Crippen LogP contribution in [0.5, 0.6) is 5.75 Å². The van der Waals surface area contributed by atoms with Gasteiger partial charge in [0.1, 0.15) is 12.0 Å². The summed E-state index contributed by atoms with van der Waals surface area (Å²) in [5, 5.41) is 9.31. The van der Waals surface area contributed by atoms with Crippen molar-refractivity contribution in [1.82, 2.24) is 0 Å². The zero-order chi connectivity index (χ0) is 14.2. The molecule has 0 bridgehead atoms. The summed E-state index contributed by atoms with van der Waals surface area (Å²) in [6.07, 6.45) is 6.40. The molecule has 0 amide bonds. The fourth-order valence-corrected chi connectivity index (χ4v) is 2.13. The van der Waals surface area contributed by atoms with Crippen LogP contribution in [-0.2, 0) is 11.2 Å². The molecule has 0 fully saturated rings. The van der Waals surface area contributed by atoms with Gasteiger partial charge in [0.2, 0.25) is 0 Å². The molecule has 0 radical (unpaired) electrons. The number of carbonyl (C=O) groups excluding carboxylic acids is 1. The minimum Gasteiger partial charge on any atom is -0.508 e. The van der Waals surface area contributed by atoms with E-state index in [1.54, 1.807) is 12.1 Å². The number of phenols is 1. The van der Waals surface area contributed by atoms with Crippen LogP contribution in [0.1, 0.15) is 23.5 Å². The predicted octanol–water partition coefficient (Wildman–Crippen LogP) is 3.86. The van der Waals surface area contributed by atoms with Gasteiger partial charge in [0.25, 0.3) is 0 Å². The van der Waals surface area contributed by atoms with Gasteiger partial charge >= 0.3 is 0 Å². The van der Waals surface area contributed by atoms with Crippen LogP contribution >= 0.6 is 0 Å². The number of carbonyl (C=O) groups is 1. The smallest absolute Gasteiger partial charge is 0.120 e. The summed E-state index contributed by atoms with van der Waals surface area (Å²) in [6.45, 7) is 0. The molecule has 0 aliphatic carbocycles. The van der Waals surface area contributed by atoms with Gasteiger partial charge in [-0.05, 0) is 29.7 Å². The second-order valence-corrected chi connectivity index (χ2v) is 4.72. The highest BCUT2D eigenvalue weighted by atomic mass is 16.3. The van der Waals surface area contributed by atoms with Crippen molar-refractivity contribution in [2.24, 2.45) is 0 Å². The highest BCUT2D eigenvalue weighted by molar-refractivity contribution is 5.53. The van der Waals surface area contributed by atoms with Crippen molar-refractivity contribution < 1.29 is 9.90 Å². The van der Waals surface area contributed by atoms with Crippen molar-refractivity contribution in [1.29, 1.82) is 0 Å². The van der Waals surface area contributed by atoms with Crippen molar-refractivity contribution in [3.63, 3.8) is 0 Å². The van der Waals surface area contributed by atoms with Gasteiger partial charge in [-0.25, -0.2) is 0 Å².